The highest BCUT2D eigenvalue weighted by atomic mass is 16.7. The van der Waals surface area contributed by atoms with Crippen molar-refractivity contribution < 1.29 is 28.7 Å². The Hall–Kier alpha value is -3.88. The molecule has 4 amide bonds. The maximum atomic E-state index is 13.1. The SMILES string of the molecule is CC(=O)NCCc1ccc(C(=O)CN2C(=O)NC(C)(c3ccc4c(c3)OCO4)C2=O)cc1. The molecule has 2 aromatic carbocycles. The third-order valence-electron chi connectivity index (χ3n) is 5.59. The number of rotatable bonds is 7. The van der Waals surface area contributed by atoms with Crippen molar-refractivity contribution >= 4 is 23.6 Å². The first-order valence-electron chi connectivity index (χ1n) is 10.2. The fourth-order valence-electron chi connectivity index (χ4n) is 3.72. The summed E-state index contributed by atoms with van der Waals surface area (Å²) in [5.41, 5.74) is 0.580. The van der Waals surface area contributed by atoms with Crippen LogP contribution in [-0.2, 0) is 21.5 Å². The summed E-state index contributed by atoms with van der Waals surface area (Å²) in [5.74, 6) is 0.108. The van der Waals surface area contributed by atoms with E-state index in [0.717, 1.165) is 10.5 Å². The van der Waals surface area contributed by atoms with Crippen molar-refractivity contribution in [3.8, 4) is 11.5 Å². The summed E-state index contributed by atoms with van der Waals surface area (Å²) >= 11 is 0. The molecule has 166 valence electrons. The summed E-state index contributed by atoms with van der Waals surface area (Å²) in [6, 6.07) is 11.3. The average molecular weight is 437 g/mol. The minimum Gasteiger partial charge on any atom is -0.454 e. The van der Waals surface area contributed by atoms with Crippen LogP contribution in [-0.4, -0.2) is 48.4 Å². The summed E-state index contributed by atoms with van der Waals surface area (Å²) < 4.78 is 10.7. The minimum atomic E-state index is -1.31. The molecular formula is C23H23N3O6. The zero-order chi connectivity index (χ0) is 22.9. The van der Waals surface area contributed by atoms with Crippen molar-refractivity contribution in [3.05, 3.63) is 59.2 Å². The van der Waals surface area contributed by atoms with Crippen molar-refractivity contribution in [2.45, 2.75) is 25.8 Å². The van der Waals surface area contributed by atoms with Crippen LogP contribution < -0.4 is 20.1 Å². The zero-order valence-corrected chi connectivity index (χ0v) is 17.8. The van der Waals surface area contributed by atoms with Gasteiger partial charge in [-0.25, -0.2) is 4.79 Å². The van der Waals surface area contributed by atoms with E-state index in [1.165, 1.54) is 6.92 Å². The Labute approximate surface area is 184 Å². The van der Waals surface area contributed by atoms with Crippen LogP contribution in [0.4, 0.5) is 4.79 Å². The molecule has 0 saturated carbocycles. The maximum absolute atomic E-state index is 13.1. The third kappa shape index (κ3) is 4.01. The normalized spacial score (nSPS) is 19.1. The monoisotopic (exact) mass is 437 g/mol. The average Bonchev–Trinajstić information content (AvgIpc) is 3.32. The largest absolute Gasteiger partial charge is 0.454 e. The second-order valence-electron chi connectivity index (χ2n) is 7.87. The van der Waals surface area contributed by atoms with E-state index in [1.807, 2.05) is 0 Å². The number of hydrogen-bond donors (Lipinski definition) is 2. The lowest BCUT2D eigenvalue weighted by molar-refractivity contribution is -0.130. The lowest BCUT2D eigenvalue weighted by atomic mass is 9.91. The molecule has 2 heterocycles. The van der Waals surface area contributed by atoms with E-state index in [1.54, 1.807) is 49.4 Å². The summed E-state index contributed by atoms with van der Waals surface area (Å²) in [5, 5.41) is 5.41. The van der Waals surface area contributed by atoms with Crippen LogP contribution in [0.3, 0.4) is 0 Å². The van der Waals surface area contributed by atoms with Crippen LogP contribution in [0.2, 0.25) is 0 Å². The van der Waals surface area contributed by atoms with Gasteiger partial charge in [-0.05, 0) is 36.6 Å². The highest BCUT2D eigenvalue weighted by Gasteiger charge is 2.49. The van der Waals surface area contributed by atoms with Crippen molar-refractivity contribution in [3.63, 3.8) is 0 Å². The van der Waals surface area contributed by atoms with Gasteiger partial charge in [-0.3, -0.25) is 19.3 Å². The number of Topliss-reactive ketones (excluding diaryl/α,β-unsaturated/α-hetero) is 1. The van der Waals surface area contributed by atoms with Crippen LogP contribution in [0.5, 0.6) is 11.5 Å². The Bertz CT molecular complexity index is 1100. The number of ketones is 1. The molecule has 2 N–H and O–H groups in total. The number of fused-ring (bicyclic) bond motifs is 1. The number of nitrogens with zero attached hydrogens (tertiary/aromatic N) is 1. The number of hydrogen-bond acceptors (Lipinski definition) is 6. The van der Waals surface area contributed by atoms with Crippen LogP contribution in [0.15, 0.2) is 42.5 Å². The van der Waals surface area contributed by atoms with Crippen molar-refractivity contribution in [1.29, 1.82) is 0 Å². The van der Waals surface area contributed by atoms with E-state index in [9.17, 15) is 19.2 Å². The van der Waals surface area contributed by atoms with Gasteiger partial charge in [0, 0.05) is 19.0 Å². The van der Waals surface area contributed by atoms with Crippen LogP contribution >= 0.6 is 0 Å². The van der Waals surface area contributed by atoms with Gasteiger partial charge in [0.2, 0.25) is 12.7 Å². The number of benzene rings is 2. The van der Waals surface area contributed by atoms with Gasteiger partial charge >= 0.3 is 6.03 Å². The van der Waals surface area contributed by atoms with Gasteiger partial charge in [0.1, 0.15) is 5.54 Å². The van der Waals surface area contributed by atoms with Crippen molar-refractivity contribution in [2.24, 2.45) is 0 Å². The minimum absolute atomic E-state index is 0.0990. The van der Waals surface area contributed by atoms with Gasteiger partial charge in [-0.2, -0.15) is 0 Å². The van der Waals surface area contributed by atoms with E-state index in [-0.39, 0.29) is 25.0 Å². The topological polar surface area (TPSA) is 114 Å². The second-order valence-corrected chi connectivity index (χ2v) is 7.87. The van der Waals surface area contributed by atoms with E-state index in [0.29, 0.717) is 35.6 Å². The van der Waals surface area contributed by atoms with Gasteiger partial charge in [-0.15, -0.1) is 0 Å². The van der Waals surface area contributed by atoms with Crippen LogP contribution in [0, 0.1) is 0 Å². The number of amides is 4. The number of carbonyl (C=O) groups is 4. The summed E-state index contributed by atoms with van der Waals surface area (Å²) in [7, 11) is 0. The smallest absolute Gasteiger partial charge is 0.325 e. The first-order valence-corrected chi connectivity index (χ1v) is 10.2. The molecule has 0 aliphatic carbocycles. The molecule has 0 aromatic heterocycles. The predicted molar refractivity (Wildman–Crippen MR) is 113 cm³/mol. The van der Waals surface area contributed by atoms with Gasteiger partial charge in [-0.1, -0.05) is 30.3 Å². The van der Waals surface area contributed by atoms with Crippen molar-refractivity contribution in [2.75, 3.05) is 19.9 Å². The van der Waals surface area contributed by atoms with Gasteiger partial charge in [0.25, 0.3) is 5.91 Å². The quantitative estimate of drug-likeness (QED) is 0.504. The van der Waals surface area contributed by atoms with E-state index < -0.39 is 17.5 Å². The Balaban J connectivity index is 1.44. The van der Waals surface area contributed by atoms with E-state index >= 15 is 0 Å². The highest BCUT2D eigenvalue weighted by Crippen LogP contribution is 2.37. The Morgan fingerprint density at radius 3 is 2.53 bits per heavy atom. The molecule has 2 aliphatic heterocycles. The molecule has 9 nitrogen and oxygen atoms in total. The Morgan fingerprint density at radius 2 is 1.81 bits per heavy atom. The lowest BCUT2D eigenvalue weighted by Crippen LogP contribution is -2.41. The van der Waals surface area contributed by atoms with Gasteiger partial charge in [0.05, 0.1) is 6.54 Å². The van der Waals surface area contributed by atoms with Crippen LogP contribution in [0.25, 0.3) is 0 Å². The molecule has 2 aliphatic rings. The van der Waals surface area contributed by atoms with Crippen LogP contribution in [0.1, 0.15) is 35.3 Å². The maximum Gasteiger partial charge on any atom is 0.325 e. The molecular weight excluding hydrogens is 414 g/mol. The molecule has 0 spiro atoms. The molecule has 0 bridgehead atoms. The molecule has 2 aromatic rings. The van der Waals surface area contributed by atoms with Gasteiger partial charge < -0.3 is 20.1 Å². The van der Waals surface area contributed by atoms with Crippen molar-refractivity contribution in [1.82, 2.24) is 15.5 Å². The highest BCUT2D eigenvalue weighted by molar-refractivity contribution is 6.11. The number of carbonyl (C=O) groups excluding carboxylic acids is 4. The predicted octanol–water partition coefficient (Wildman–Crippen LogP) is 1.74. The molecule has 1 fully saturated rings. The fraction of sp³-hybridized carbons (Fsp3) is 0.304. The molecule has 9 heteroatoms. The molecule has 1 atom stereocenters. The third-order valence-corrected chi connectivity index (χ3v) is 5.59. The summed E-state index contributed by atoms with van der Waals surface area (Å²) in [4.78, 5) is 50.3. The summed E-state index contributed by atoms with van der Waals surface area (Å²) in [6.07, 6.45) is 0.634. The molecule has 4 rings (SSSR count). The summed E-state index contributed by atoms with van der Waals surface area (Å²) in [6.45, 7) is 3.29. The van der Waals surface area contributed by atoms with E-state index in [2.05, 4.69) is 10.6 Å². The number of nitrogens with one attached hydrogen (secondary N) is 2. The Kier molecular flexibility index (Phi) is 5.56. The van der Waals surface area contributed by atoms with Gasteiger partial charge in [0.15, 0.2) is 17.3 Å². The number of urea groups is 1. The first kappa shape index (κ1) is 21.4. The zero-order valence-electron chi connectivity index (χ0n) is 17.8. The lowest BCUT2D eigenvalue weighted by Gasteiger charge is -2.22. The number of imide groups is 1. The fourth-order valence-corrected chi connectivity index (χ4v) is 3.72. The molecule has 1 saturated heterocycles. The van der Waals surface area contributed by atoms with E-state index in [4.69, 9.17) is 9.47 Å². The first-order chi connectivity index (χ1) is 15.3. The molecule has 1 unspecified atom stereocenters. The molecule has 32 heavy (non-hydrogen) atoms. The standard InChI is InChI=1S/C23H23N3O6/c1-14(27)24-10-9-15-3-5-16(6-4-15)18(28)12-26-21(29)23(2,25-22(26)30)17-7-8-19-20(11-17)32-13-31-19/h3-8,11H,9-10,12-13H2,1-2H3,(H,24,27)(H,25,30). The second kappa shape index (κ2) is 8.33. The Morgan fingerprint density at radius 1 is 1.09 bits per heavy atom. The molecule has 0 radical (unpaired) electrons. The number of ether oxygens (including phenoxy) is 2.